The minimum Gasteiger partial charge on any atom is -0.497 e. The van der Waals surface area contributed by atoms with Crippen molar-refractivity contribution >= 4 is 18.3 Å². The molecule has 1 unspecified atom stereocenters. The van der Waals surface area contributed by atoms with Crippen molar-refractivity contribution < 1.29 is 9.53 Å². The van der Waals surface area contributed by atoms with E-state index in [0.29, 0.717) is 5.91 Å². The van der Waals surface area contributed by atoms with Crippen LogP contribution in [-0.2, 0) is 11.2 Å². The lowest BCUT2D eigenvalue weighted by molar-refractivity contribution is -0.137. The lowest BCUT2D eigenvalue weighted by Gasteiger charge is -2.34. The molecule has 1 aliphatic heterocycles. The molecule has 0 aliphatic carbocycles. The maximum Gasteiger partial charge on any atom is 0.226 e. The maximum absolute atomic E-state index is 13.0. The summed E-state index contributed by atoms with van der Waals surface area (Å²) in [5, 5.41) is 3.36. The van der Waals surface area contributed by atoms with E-state index in [1.54, 1.807) is 7.11 Å². The summed E-state index contributed by atoms with van der Waals surface area (Å²) in [5.74, 6) is 1.32. The largest absolute Gasteiger partial charge is 0.497 e. The molecule has 1 amide bonds. The van der Waals surface area contributed by atoms with Gasteiger partial charge in [0.05, 0.1) is 13.0 Å². The Balaban J connectivity index is 0.00000312. The number of halogens is 1. The summed E-state index contributed by atoms with van der Waals surface area (Å²) in [6.07, 6.45) is 2.99. The van der Waals surface area contributed by atoms with Crippen LogP contribution in [0.2, 0.25) is 0 Å². The minimum absolute atomic E-state index is 0. The second-order valence-electron chi connectivity index (χ2n) is 7.96. The van der Waals surface area contributed by atoms with Crippen LogP contribution in [0.1, 0.15) is 39.2 Å². The van der Waals surface area contributed by atoms with Gasteiger partial charge in [0.1, 0.15) is 5.75 Å². The van der Waals surface area contributed by atoms with Crippen LogP contribution in [0.25, 0.3) is 0 Å². The molecule has 1 N–H and O–H groups in total. The van der Waals surface area contributed by atoms with E-state index in [4.69, 9.17) is 4.74 Å². The van der Waals surface area contributed by atoms with Crippen molar-refractivity contribution in [1.82, 2.24) is 10.2 Å². The number of ether oxygens (including phenoxy) is 1. The van der Waals surface area contributed by atoms with Crippen LogP contribution in [0.5, 0.6) is 5.75 Å². The first-order valence-corrected chi connectivity index (χ1v) is 9.01. The predicted octanol–water partition coefficient (Wildman–Crippen LogP) is 3.53. The van der Waals surface area contributed by atoms with Crippen molar-refractivity contribution in [3.05, 3.63) is 29.8 Å². The molecule has 1 fully saturated rings. The Hall–Kier alpha value is -1.26. The molecule has 1 heterocycles. The highest BCUT2D eigenvalue weighted by Gasteiger charge is 2.28. The second-order valence-corrected chi connectivity index (χ2v) is 7.96. The fraction of sp³-hybridized carbons (Fsp3) is 0.650. The molecule has 25 heavy (non-hydrogen) atoms. The Morgan fingerprint density at radius 2 is 1.96 bits per heavy atom. The number of amides is 1. The van der Waals surface area contributed by atoms with E-state index >= 15 is 0 Å². The highest BCUT2D eigenvalue weighted by molar-refractivity contribution is 5.85. The van der Waals surface area contributed by atoms with Crippen LogP contribution < -0.4 is 10.1 Å². The first-order valence-electron chi connectivity index (χ1n) is 9.01. The van der Waals surface area contributed by atoms with Crippen LogP contribution in [0.4, 0.5) is 0 Å². The number of hydrogen-bond acceptors (Lipinski definition) is 3. The van der Waals surface area contributed by atoms with Gasteiger partial charge in [-0.05, 0) is 48.9 Å². The Labute approximate surface area is 158 Å². The van der Waals surface area contributed by atoms with Gasteiger partial charge in [-0.15, -0.1) is 12.4 Å². The number of carbonyl (C=O) groups is 1. The van der Waals surface area contributed by atoms with Crippen molar-refractivity contribution in [2.75, 3.05) is 33.3 Å². The Bertz CT molecular complexity index is 519. The predicted molar refractivity (Wildman–Crippen MR) is 106 cm³/mol. The molecule has 1 saturated heterocycles. The van der Waals surface area contributed by atoms with Crippen molar-refractivity contribution in [3.8, 4) is 5.75 Å². The molecule has 1 aromatic carbocycles. The monoisotopic (exact) mass is 368 g/mol. The van der Waals surface area contributed by atoms with Gasteiger partial charge in [0, 0.05) is 19.6 Å². The molecule has 4 nitrogen and oxygen atoms in total. The molecule has 1 aliphatic rings. The van der Waals surface area contributed by atoms with Gasteiger partial charge >= 0.3 is 0 Å². The second kappa shape index (κ2) is 10.0. The normalized spacial score (nSPS) is 17.5. The third-order valence-corrected chi connectivity index (χ3v) is 4.45. The van der Waals surface area contributed by atoms with Gasteiger partial charge in [-0.2, -0.15) is 0 Å². The molecule has 0 spiro atoms. The minimum atomic E-state index is 0. The zero-order chi connectivity index (χ0) is 17.6. The summed E-state index contributed by atoms with van der Waals surface area (Å²) in [4.78, 5) is 15.0. The average Bonchev–Trinajstić information content (AvgIpc) is 2.58. The van der Waals surface area contributed by atoms with E-state index < -0.39 is 0 Å². The molecule has 2 rings (SSSR count). The van der Waals surface area contributed by atoms with E-state index in [0.717, 1.165) is 51.2 Å². The highest BCUT2D eigenvalue weighted by atomic mass is 35.5. The smallest absolute Gasteiger partial charge is 0.226 e. The van der Waals surface area contributed by atoms with Gasteiger partial charge < -0.3 is 15.0 Å². The zero-order valence-corrected chi connectivity index (χ0v) is 16.8. The van der Waals surface area contributed by atoms with Crippen LogP contribution in [0.3, 0.4) is 0 Å². The maximum atomic E-state index is 13.0. The van der Waals surface area contributed by atoms with Crippen LogP contribution >= 0.6 is 12.4 Å². The number of hydrogen-bond donors (Lipinski definition) is 1. The topological polar surface area (TPSA) is 41.6 Å². The van der Waals surface area contributed by atoms with Crippen LogP contribution in [0.15, 0.2) is 24.3 Å². The van der Waals surface area contributed by atoms with Crippen LogP contribution in [-0.4, -0.2) is 44.1 Å². The first kappa shape index (κ1) is 21.8. The molecular formula is C20H33ClN2O2. The number of methoxy groups -OCH3 is 1. The number of carbonyl (C=O) groups excluding carboxylic acids is 1. The number of benzene rings is 1. The average molecular weight is 369 g/mol. The molecule has 5 heteroatoms. The summed E-state index contributed by atoms with van der Waals surface area (Å²) in [6.45, 7) is 10.0. The van der Waals surface area contributed by atoms with E-state index in [1.165, 1.54) is 5.56 Å². The van der Waals surface area contributed by atoms with Gasteiger partial charge in [-0.25, -0.2) is 0 Å². The molecule has 0 bridgehead atoms. The van der Waals surface area contributed by atoms with E-state index in [1.807, 2.05) is 12.1 Å². The van der Waals surface area contributed by atoms with Gasteiger partial charge in [-0.1, -0.05) is 32.9 Å². The van der Waals surface area contributed by atoms with Crippen molar-refractivity contribution in [2.24, 2.45) is 11.3 Å². The highest BCUT2D eigenvalue weighted by Crippen LogP contribution is 2.20. The first-order chi connectivity index (χ1) is 11.4. The van der Waals surface area contributed by atoms with Gasteiger partial charge in [-0.3, -0.25) is 4.79 Å². The number of nitrogens with one attached hydrogen (secondary N) is 1. The molecule has 0 saturated carbocycles. The summed E-state index contributed by atoms with van der Waals surface area (Å²) >= 11 is 0. The van der Waals surface area contributed by atoms with E-state index in [9.17, 15) is 4.79 Å². The van der Waals surface area contributed by atoms with Gasteiger partial charge in [0.25, 0.3) is 0 Å². The molecule has 1 atom stereocenters. The molecule has 1 aromatic rings. The summed E-state index contributed by atoms with van der Waals surface area (Å²) in [7, 11) is 1.68. The fourth-order valence-electron chi connectivity index (χ4n) is 3.22. The number of piperidine rings is 1. The lowest BCUT2D eigenvalue weighted by atomic mass is 9.93. The third-order valence-electron chi connectivity index (χ3n) is 4.45. The molecule has 142 valence electrons. The Morgan fingerprint density at radius 1 is 1.28 bits per heavy atom. The quantitative estimate of drug-likeness (QED) is 0.835. The fourth-order valence-corrected chi connectivity index (χ4v) is 3.22. The van der Waals surface area contributed by atoms with E-state index in [-0.39, 0.29) is 23.7 Å². The Morgan fingerprint density at radius 3 is 2.48 bits per heavy atom. The van der Waals surface area contributed by atoms with E-state index in [2.05, 4.69) is 43.1 Å². The molecular weight excluding hydrogens is 336 g/mol. The SMILES string of the molecule is COc1ccc(CCN(CC(C)(C)C)C(=O)C2CCCNC2)cc1.Cl. The number of nitrogens with zero attached hydrogens (tertiary/aromatic N) is 1. The molecule has 0 radical (unpaired) electrons. The third kappa shape index (κ3) is 7.25. The summed E-state index contributed by atoms with van der Waals surface area (Å²) in [5.41, 5.74) is 1.35. The van der Waals surface area contributed by atoms with Crippen molar-refractivity contribution in [3.63, 3.8) is 0 Å². The summed E-state index contributed by atoms with van der Waals surface area (Å²) < 4.78 is 5.21. The van der Waals surface area contributed by atoms with Gasteiger partial charge in [0.15, 0.2) is 0 Å². The van der Waals surface area contributed by atoms with Gasteiger partial charge in [0.2, 0.25) is 5.91 Å². The zero-order valence-electron chi connectivity index (χ0n) is 16.0. The van der Waals surface area contributed by atoms with Crippen molar-refractivity contribution in [1.29, 1.82) is 0 Å². The molecule has 0 aromatic heterocycles. The number of rotatable bonds is 6. The lowest BCUT2D eigenvalue weighted by Crippen LogP contribution is -2.46. The summed E-state index contributed by atoms with van der Waals surface area (Å²) in [6, 6.07) is 8.13. The van der Waals surface area contributed by atoms with Crippen LogP contribution in [0, 0.1) is 11.3 Å². The van der Waals surface area contributed by atoms with Crippen molar-refractivity contribution in [2.45, 2.75) is 40.0 Å². The standard InChI is InChI=1S/C20H32N2O2.ClH/c1-20(2,3)15-22(19(23)17-6-5-12-21-14-17)13-11-16-7-9-18(24-4)10-8-16;/h7-10,17,21H,5-6,11-15H2,1-4H3;1H. The Kier molecular flexibility index (Phi) is 8.74.